The molecule has 0 bridgehead atoms. The van der Waals surface area contributed by atoms with Crippen molar-refractivity contribution in [2.45, 2.75) is 17.7 Å². The SMILES string of the molecule is O=Cc1ccccc1OCC(=O)Nc1ccc(S(=O)(=O)N2CCCC2)cc1. The Hall–Kier alpha value is -2.71. The second-order valence-corrected chi connectivity index (χ2v) is 8.07. The lowest BCUT2D eigenvalue weighted by molar-refractivity contribution is -0.118. The van der Waals surface area contributed by atoms with Crippen molar-refractivity contribution >= 4 is 27.9 Å². The van der Waals surface area contributed by atoms with Crippen LogP contribution in [0.2, 0.25) is 0 Å². The van der Waals surface area contributed by atoms with Gasteiger partial charge in [0.15, 0.2) is 12.9 Å². The fourth-order valence-electron chi connectivity index (χ4n) is 2.84. The number of rotatable bonds is 7. The van der Waals surface area contributed by atoms with Gasteiger partial charge in [0.25, 0.3) is 5.91 Å². The second-order valence-electron chi connectivity index (χ2n) is 6.13. The van der Waals surface area contributed by atoms with E-state index in [4.69, 9.17) is 4.74 Å². The molecule has 8 heteroatoms. The molecule has 0 atom stereocenters. The van der Waals surface area contributed by atoms with E-state index in [1.165, 1.54) is 16.4 Å². The highest BCUT2D eigenvalue weighted by Crippen LogP contribution is 2.22. The van der Waals surface area contributed by atoms with Crippen molar-refractivity contribution in [3.05, 3.63) is 54.1 Å². The van der Waals surface area contributed by atoms with Crippen molar-refractivity contribution in [2.24, 2.45) is 0 Å². The first-order valence-electron chi connectivity index (χ1n) is 8.58. The summed E-state index contributed by atoms with van der Waals surface area (Å²) >= 11 is 0. The summed E-state index contributed by atoms with van der Waals surface area (Å²) in [5.41, 5.74) is 0.828. The normalized spacial score (nSPS) is 14.7. The van der Waals surface area contributed by atoms with Crippen molar-refractivity contribution in [1.82, 2.24) is 4.31 Å². The monoisotopic (exact) mass is 388 g/mol. The van der Waals surface area contributed by atoms with E-state index in [1.807, 2.05) is 0 Å². The van der Waals surface area contributed by atoms with Crippen LogP contribution >= 0.6 is 0 Å². The number of anilines is 1. The molecule has 0 spiro atoms. The van der Waals surface area contributed by atoms with Crippen LogP contribution < -0.4 is 10.1 Å². The van der Waals surface area contributed by atoms with Crippen LogP contribution in [0.3, 0.4) is 0 Å². The lowest BCUT2D eigenvalue weighted by Crippen LogP contribution is -2.27. The molecule has 1 aliphatic rings. The first-order chi connectivity index (χ1) is 13.0. The van der Waals surface area contributed by atoms with Crippen LogP contribution in [0.4, 0.5) is 5.69 Å². The van der Waals surface area contributed by atoms with Gasteiger partial charge in [0.2, 0.25) is 10.0 Å². The van der Waals surface area contributed by atoms with E-state index in [0.29, 0.717) is 36.4 Å². The molecule has 7 nitrogen and oxygen atoms in total. The maximum atomic E-state index is 12.5. The first-order valence-corrected chi connectivity index (χ1v) is 10.0. The number of carbonyl (C=O) groups excluding carboxylic acids is 2. The van der Waals surface area contributed by atoms with Crippen molar-refractivity contribution < 1.29 is 22.7 Å². The zero-order valence-electron chi connectivity index (χ0n) is 14.6. The Labute approximate surface area is 158 Å². The molecule has 2 aromatic carbocycles. The van der Waals surface area contributed by atoms with Crippen LogP contribution in [-0.4, -0.2) is 44.6 Å². The number of carbonyl (C=O) groups is 2. The number of aldehydes is 1. The van der Waals surface area contributed by atoms with Gasteiger partial charge in [0, 0.05) is 18.8 Å². The smallest absolute Gasteiger partial charge is 0.262 e. The minimum Gasteiger partial charge on any atom is -0.483 e. The first kappa shape index (κ1) is 19.1. The van der Waals surface area contributed by atoms with Gasteiger partial charge in [0.05, 0.1) is 10.5 Å². The molecule has 1 amide bonds. The molecule has 0 aliphatic carbocycles. The maximum Gasteiger partial charge on any atom is 0.262 e. The number of amides is 1. The van der Waals surface area contributed by atoms with Crippen LogP contribution in [0.25, 0.3) is 0 Å². The molecule has 1 heterocycles. The van der Waals surface area contributed by atoms with Gasteiger partial charge in [-0.3, -0.25) is 9.59 Å². The minimum absolute atomic E-state index is 0.207. The van der Waals surface area contributed by atoms with Crippen LogP contribution in [0.15, 0.2) is 53.4 Å². The van der Waals surface area contributed by atoms with Gasteiger partial charge in [-0.2, -0.15) is 4.31 Å². The molecule has 0 radical (unpaired) electrons. The Balaban J connectivity index is 1.59. The van der Waals surface area contributed by atoms with Crippen molar-refractivity contribution in [3.63, 3.8) is 0 Å². The lowest BCUT2D eigenvalue weighted by atomic mass is 10.2. The molecule has 142 valence electrons. The third-order valence-electron chi connectivity index (χ3n) is 4.25. The predicted molar refractivity (Wildman–Crippen MR) is 100 cm³/mol. The predicted octanol–water partition coefficient (Wildman–Crippen LogP) is 2.30. The molecule has 3 rings (SSSR count). The third kappa shape index (κ3) is 4.53. The Morgan fingerprint density at radius 3 is 2.41 bits per heavy atom. The summed E-state index contributed by atoms with van der Waals surface area (Å²) in [6, 6.07) is 12.7. The van der Waals surface area contributed by atoms with Crippen molar-refractivity contribution in [3.8, 4) is 5.75 Å². The van der Waals surface area contributed by atoms with Crippen LogP contribution in [0.5, 0.6) is 5.75 Å². The van der Waals surface area contributed by atoms with E-state index in [2.05, 4.69) is 5.32 Å². The zero-order chi connectivity index (χ0) is 19.3. The molecular weight excluding hydrogens is 368 g/mol. The minimum atomic E-state index is -3.48. The summed E-state index contributed by atoms with van der Waals surface area (Å²) in [6.07, 6.45) is 2.41. The molecule has 1 fully saturated rings. The van der Waals surface area contributed by atoms with E-state index >= 15 is 0 Å². The van der Waals surface area contributed by atoms with Crippen LogP contribution in [-0.2, 0) is 14.8 Å². The van der Waals surface area contributed by atoms with Gasteiger partial charge in [-0.1, -0.05) is 12.1 Å². The Kier molecular flexibility index (Phi) is 5.88. The molecule has 2 aromatic rings. The molecule has 0 aromatic heterocycles. The second kappa shape index (κ2) is 8.32. The number of hydrogen-bond acceptors (Lipinski definition) is 5. The summed E-state index contributed by atoms with van der Waals surface area (Å²) in [7, 11) is -3.48. The van der Waals surface area contributed by atoms with E-state index in [-0.39, 0.29) is 11.5 Å². The highest BCUT2D eigenvalue weighted by atomic mass is 32.2. The van der Waals surface area contributed by atoms with Gasteiger partial charge in [-0.15, -0.1) is 0 Å². The average molecular weight is 388 g/mol. The summed E-state index contributed by atoms with van der Waals surface area (Å²) in [4.78, 5) is 23.2. The van der Waals surface area contributed by atoms with Gasteiger partial charge in [0.1, 0.15) is 5.75 Å². The summed E-state index contributed by atoms with van der Waals surface area (Å²) < 4.78 is 31.8. The Bertz CT molecular complexity index is 919. The summed E-state index contributed by atoms with van der Waals surface area (Å²) in [5, 5.41) is 2.64. The molecule has 0 unspecified atom stereocenters. The molecule has 0 saturated carbocycles. The van der Waals surface area contributed by atoms with Crippen LogP contribution in [0, 0.1) is 0 Å². The van der Waals surface area contributed by atoms with Gasteiger partial charge in [-0.05, 0) is 49.2 Å². The molecule has 27 heavy (non-hydrogen) atoms. The maximum absolute atomic E-state index is 12.5. The van der Waals surface area contributed by atoms with Gasteiger partial charge >= 0.3 is 0 Å². The van der Waals surface area contributed by atoms with E-state index < -0.39 is 15.9 Å². The van der Waals surface area contributed by atoms with Crippen LogP contribution in [0.1, 0.15) is 23.2 Å². The zero-order valence-corrected chi connectivity index (χ0v) is 15.4. The van der Waals surface area contributed by atoms with Gasteiger partial charge < -0.3 is 10.1 Å². The number of hydrogen-bond donors (Lipinski definition) is 1. The third-order valence-corrected chi connectivity index (χ3v) is 6.16. The fraction of sp³-hybridized carbons (Fsp3) is 0.263. The standard InChI is InChI=1S/C19H20N2O5S/c22-13-15-5-1-2-6-18(15)26-14-19(23)20-16-7-9-17(10-8-16)27(24,25)21-11-3-4-12-21/h1-2,5-10,13H,3-4,11-12,14H2,(H,20,23). The number of nitrogens with zero attached hydrogens (tertiary/aromatic N) is 1. The Morgan fingerprint density at radius 2 is 1.74 bits per heavy atom. The number of para-hydroxylation sites is 1. The number of benzene rings is 2. The molecular formula is C19H20N2O5S. The lowest BCUT2D eigenvalue weighted by Gasteiger charge is -2.15. The molecule has 1 N–H and O–H groups in total. The fourth-order valence-corrected chi connectivity index (χ4v) is 4.35. The van der Waals surface area contributed by atoms with Crippen molar-refractivity contribution in [2.75, 3.05) is 25.0 Å². The van der Waals surface area contributed by atoms with E-state index in [9.17, 15) is 18.0 Å². The van der Waals surface area contributed by atoms with Crippen molar-refractivity contribution in [1.29, 1.82) is 0 Å². The molecule has 1 aliphatic heterocycles. The summed E-state index contributed by atoms with van der Waals surface area (Å²) in [5.74, 6) is -0.0828. The average Bonchev–Trinajstić information content (AvgIpc) is 3.23. The number of sulfonamides is 1. The molecule has 1 saturated heterocycles. The number of nitrogens with one attached hydrogen (secondary N) is 1. The van der Waals surface area contributed by atoms with Gasteiger partial charge in [-0.25, -0.2) is 8.42 Å². The summed E-state index contributed by atoms with van der Waals surface area (Å²) in [6.45, 7) is 0.819. The quantitative estimate of drug-likeness (QED) is 0.735. The van der Waals surface area contributed by atoms with E-state index in [1.54, 1.807) is 36.4 Å². The highest BCUT2D eigenvalue weighted by Gasteiger charge is 2.26. The van der Waals surface area contributed by atoms with E-state index in [0.717, 1.165) is 12.8 Å². The largest absolute Gasteiger partial charge is 0.483 e. The highest BCUT2D eigenvalue weighted by molar-refractivity contribution is 7.89. The Morgan fingerprint density at radius 1 is 1.07 bits per heavy atom. The number of ether oxygens (including phenoxy) is 1. The topological polar surface area (TPSA) is 92.8 Å².